The summed E-state index contributed by atoms with van der Waals surface area (Å²) < 4.78 is 0. The van der Waals surface area contributed by atoms with Crippen molar-refractivity contribution < 1.29 is 4.79 Å². The van der Waals surface area contributed by atoms with Gasteiger partial charge in [-0.25, -0.2) is 0 Å². The van der Waals surface area contributed by atoms with Gasteiger partial charge in [-0.2, -0.15) is 0 Å². The highest BCUT2D eigenvalue weighted by Gasteiger charge is 1.92. The van der Waals surface area contributed by atoms with Crippen LogP contribution in [0.5, 0.6) is 0 Å². The Balaban J connectivity index is 3.36. The van der Waals surface area contributed by atoms with Crippen molar-refractivity contribution in [3.63, 3.8) is 0 Å². The molecule has 10 heavy (non-hydrogen) atoms. The van der Waals surface area contributed by atoms with Gasteiger partial charge in [0.2, 0.25) is 0 Å². The monoisotopic (exact) mass is 141 g/mol. The topological polar surface area (TPSA) is 43.1 Å². The molecule has 0 heterocycles. The largest absolute Gasteiger partial charge is 0.404 e. The fourth-order valence-corrected chi connectivity index (χ4v) is 0.761. The molecular formula is C8H15NO. The molecule has 0 aromatic carbocycles. The normalized spacial score (nSPS) is 11.5. The number of hydrogen-bond acceptors (Lipinski definition) is 2. The Kier molecular flexibility index (Phi) is 5.83. The molecular weight excluding hydrogens is 126 g/mol. The minimum Gasteiger partial charge on any atom is -0.404 e. The van der Waals surface area contributed by atoms with Crippen molar-refractivity contribution in [2.24, 2.45) is 5.73 Å². The van der Waals surface area contributed by atoms with Crippen LogP contribution in [0.3, 0.4) is 0 Å². The first-order chi connectivity index (χ1) is 4.85. The second-order valence-corrected chi connectivity index (χ2v) is 2.32. The van der Waals surface area contributed by atoms with Crippen LogP contribution in [-0.2, 0) is 4.79 Å². The number of hydrogen-bond donors (Lipinski definition) is 1. The molecule has 0 saturated heterocycles. The molecule has 0 aliphatic carbocycles. The van der Waals surface area contributed by atoms with Crippen molar-refractivity contribution in [1.82, 2.24) is 0 Å². The maximum atomic E-state index is 10.2. The van der Waals surface area contributed by atoms with Gasteiger partial charge in [0.25, 0.3) is 0 Å². The van der Waals surface area contributed by atoms with Crippen molar-refractivity contribution in [1.29, 1.82) is 0 Å². The summed E-state index contributed by atoms with van der Waals surface area (Å²) in [6.45, 7) is 2.13. The van der Waals surface area contributed by atoms with Gasteiger partial charge < -0.3 is 5.73 Å². The molecule has 58 valence electrons. The molecule has 0 aliphatic rings. The van der Waals surface area contributed by atoms with Gasteiger partial charge in [-0.1, -0.05) is 19.8 Å². The number of rotatable bonds is 5. The molecule has 2 N–H and O–H groups in total. The van der Waals surface area contributed by atoms with E-state index >= 15 is 0 Å². The first-order valence-electron chi connectivity index (χ1n) is 3.71. The summed E-state index contributed by atoms with van der Waals surface area (Å²) >= 11 is 0. The second-order valence-electron chi connectivity index (χ2n) is 2.32. The number of carbonyl (C=O) groups excluding carboxylic acids is 1. The average Bonchev–Trinajstić information content (AvgIpc) is 1.99. The highest BCUT2D eigenvalue weighted by Crippen LogP contribution is 2.04. The van der Waals surface area contributed by atoms with Gasteiger partial charge in [0, 0.05) is 11.8 Å². The summed E-state index contributed by atoms with van der Waals surface area (Å²) in [5.41, 5.74) is 5.89. The summed E-state index contributed by atoms with van der Waals surface area (Å²) in [5.74, 6) is 0. The van der Waals surface area contributed by atoms with Crippen LogP contribution in [0.25, 0.3) is 0 Å². The molecule has 0 aromatic rings. The Morgan fingerprint density at radius 3 is 2.60 bits per heavy atom. The molecule has 0 radical (unpaired) electrons. The number of allylic oxidation sites excluding steroid dienone is 1. The van der Waals surface area contributed by atoms with Gasteiger partial charge in [0.1, 0.15) is 6.29 Å². The maximum absolute atomic E-state index is 10.2. The van der Waals surface area contributed by atoms with Crippen molar-refractivity contribution in [2.45, 2.75) is 32.6 Å². The Labute approximate surface area is 62.1 Å². The summed E-state index contributed by atoms with van der Waals surface area (Å²) in [5, 5.41) is 0. The molecule has 2 nitrogen and oxygen atoms in total. The van der Waals surface area contributed by atoms with E-state index in [4.69, 9.17) is 5.73 Å². The van der Waals surface area contributed by atoms with E-state index in [1.807, 2.05) is 0 Å². The number of nitrogens with two attached hydrogens (primary N) is 1. The van der Waals surface area contributed by atoms with Gasteiger partial charge in [-0.3, -0.25) is 4.79 Å². The number of carbonyl (C=O) groups is 1. The van der Waals surface area contributed by atoms with E-state index in [1.54, 1.807) is 0 Å². The zero-order chi connectivity index (χ0) is 7.82. The van der Waals surface area contributed by atoms with Crippen molar-refractivity contribution in [2.75, 3.05) is 0 Å². The van der Waals surface area contributed by atoms with Crippen LogP contribution < -0.4 is 5.73 Å². The predicted molar refractivity (Wildman–Crippen MR) is 42.5 cm³/mol. The zero-order valence-electron chi connectivity index (χ0n) is 6.47. The third-order valence-electron chi connectivity index (χ3n) is 1.43. The molecule has 0 aromatic heterocycles. The molecule has 0 amide bonds. The Hall–Kier alpha value is -0.790. The molecule has 0 aliphatic heterocycles. The Morgan fingerprint density at radius 2 is 2.20 bits per heavy atom. The van der Waals surface area contributed by atoms with Gasteiger partial charge in [0.05, 0.1) is 0 Å². The molecule has 0 fully saturated rings. The van der Waals surface area contributed by atoms with Gasteiger partial charge >= 0.3 is 0 Å². The van der Waals surface area contributed by atoms with Crippen LogP contribution >= 0.6 is 0 Å². The summed E-state index contributed by atoms with van der Waals surface area (Å²) in [6.07, 6.45) is 6.46. The summed E-state index contributed by atoms with van der Waals surface area (Å²) in [6, 6.07) is 0. The standard InChI is InChI=1S/C8H15NO/c1-2-3-4-5-8(6-9)7-10/h6-7H,2-5,9H2,1H3/b8-6+. The fraction of sp³-hybridized carbons (Fsp3) is 0.625. The smallest absolute Gasteiger partial charge is 0.147 e. The fourth-order valence-electron chi connectivity index (χ4n) is 0.761. The number of aldehydes is 1. The lowest BCUT2D eigenvalue weighted by Gasteiger charge is -1.95. The molecule has 0 saturated carbocycles. The SMILES string of the molecule is CCCCC/C(C=O)=C\N. The summed E-state index contributed by atoms with van der Waals surface area (Å²) in [4.78, 5) is 10.2. The molecule has 0 rings (SSSR count). The first-order valence-corrected chi connectivity index (χ1v) is 3.71. The lowest BCUT2D eigenvalue weighted by Crippen LogP contribution is -1.90. The molecule has 0 atom stereocenters. The minimum atomic E-state index is 0.716. The zero-order valence-corrected chi connectivity index (χ0v) is 6.47. The lowest BCUT2D eigenvalue weighted by molar-refractivity contribution is -0.105. The van der Waals surface area contributed by atoms with Gasteiger partial charge in [-0.15, -0.1) is 0 Å². The Bertz CT molecular complexity index is 118. The highest BCUT2D eigenvalue weighted by molar-refractivity contribution is 5.72. The molecule has 2 heteroatoms. The van der Waals surface area contributed by atoms with Crippen LogP contribution in [0, 0.1) is 0 Å². The van der Waals surface area contributed by atoms with Gasteiger partial charge in [-0.05, 0) is 12.8 Å². The minimum absolute atomic E-state index is 0.716. The van der Waals surface area contributed by atoms with E-state index < -0.39 is 0 Å². The summed E-state index contributed by atoms with van der Waals surface area (Å²) in [7, 11) is 0. The van der Waals surface area contributed by atoms with Crippen LogP contribution in [0.1, 0.15) is 32.6 Å². The third kappa shape index (κ3) is 4.13. The van der Waals surface area contributed by atoms with Crippen molar-refractivity contribution >= 4 is 6.29 Å². The van der Waals surface area contributed by atoms with Crippen molar-refractivity contribution in [3.8, 4) is 0 Å². The predicted octanol–water partition coefficient (Wildman–Crippen LogP) is 1.61. The first kappa shape index (κ1) is 9.21. The lowest BCUT2D eigenvalue weighted by atomic mass is 10.1. The highest BCUT2D eigenvalue weighted by atomic mass is 16.1. The van der Waals surface area contributed by atoms with Crippen LogP contribution in [0.15, 0.2) is 11.8 Å². The maximum Gasteiger partial charge on any atom is 0.147 e. The van der Waals surface area contributed by atoms with E-state index in [1.165, 1.54) is 19.0 Å². The van der Waals surface area contributed by atoms with E-state index in [-0.39, 0.29) is 0 Å². The van der Waals surface area contributed by atoms with Crippen LogP contribution in [-0.4, -0.2) is 6.29 Å². The van der Waals surface area contributed by atoms with Gasteiger partial charge in [0.15, 0.2) is 0 Å². The van der Waals surface area contributed by atoms with E-state index in [9.17, 15) is 4.79 Å². The molecule has 0 spiro atoms. The van der Waals surface area contributed by atoms with Crippen LogP contribution in [0.4, 0.5) is 0 Å². The molecule has 0 bridgehead atoms. The van der Waals surface area contributed by atoms with E-state index in [0.29, 0.717) is 5.57 Å². The number of unbranched alkanes of at least 4 members (excludes halogenated alkanes) is 2. The van der Waals surface area contributed by atoms with E-state index in [0.717, 1.165) is 19.1 Å². The van der Waals surface area contributed by atoms with Crippen LogP contribution in [0.2, 0.25) is 0 Å². The quantitative estimate of drug-likeness (QED) is 0.359. The Morgan fingerprint density at radius 1 is 1.50 bits per heavy atom. The average molecular weight is 141 g/mol. The third-order valence-corrected chi connectivity index (χ3v) is 1.43. The van der Waals surface area contributed by atoms with Crippen molar-refractivity contribution in [3.05, 3.63) is 11.8 Å². The van der Waals surface area contributed by atoms with E-state index in [2.05, 4.69) is 6.92 Å². The molecule has 0 unspecified atom stereocenters. The second kappa shape index (κ2) is 6.33.